The van der Waals surface area contributed by atoms with Crippen LogP contribution in [0.5, 0.6) is 0 Å². The molecule has 3 rings (SSSR count). The summed E-state index contributed by atoms with van der Waals surface area (Å²) in [5.41, 5.74) is 1.80. The Kier molecular flexibility index (Phi) is 9.43. The smallest absolute Gasteiger partial charge is 0.251 e. The first-order valence-electron chi connectivity index (χ1n) is 12.9. The quantitative estimate of drug-likeness (QED) is 0.336. The summed E-state index contributed by atoms with van der Waals surface area (Å²) in [7, 11) is 0. The van der Waals surface area contributed by atoms with Crippen LogP contribution in [0.15, 0.2) is 30.3 Å². The van der Waals surface area contributed by atoms with Crippen LogP contribution in [0.3, 0.4) is 0 Å². The number of benzene rings is 2. The molecule has 0 aromatic heterocycles. The molecule has 0 unspecified atom stereocenters. The molecule has 1 fully saturated rings. The van der Waals surface area contributed by atoms with Gasteiger partial charge in [0, 0.05) is 42.4 Å². The molecule has 0 radical (unpaired) electrons. The summed E-state index contributed by atoms with van der Waals surface area (Å²) in [6, 6.07) is 7.70. The largest absolute Gasteiger partial charge is 0.396 e. The van der Waals surface area contributed by atoms with E-state index in [0.29, 0.717) is 48.2 Å². The van der Waals surface area contributed by atoms with Crippen molar-refractivity contribution in [2.24, 2.45) is 5.41 Å². The van der Waals surface area contributed by atoms with Gasteiger partial charge in [-0.15, -0.1) is 0 Å². The summed E-state index contributed by atoms with van der Waals surface area (Å²) in [5.74, 6) is -1.59. The molecule has 1 aliphatic carbocycles. The lowest BCUT2D eigenvalue weighted by molar-refractivity contribution is 0.0934. The number of carbonyl (C=O) groups excluding carboxylic acids is 3. The predicted octanol–water partition coefficient (Wildman–Crippen LogP) is 4.36. The molecule has 1 saturated carbocycles. The third kappa shape index (κ3) is 8.12. The molecule has 4 N–H and O–H groups in total. The van der Waals surface area contributed by atoms with Crippen LogP contribution in [-0.4, -0.2) is 48.6 Å². The molecule has 0 bridgehead atoms. The normalized spacial score (nSPS) is 13.2. The average molecular weight is 512 g/mol. The van der Waals surface area contributed by atoms with Gasteiger partial charge in [0.25, 0.3) is 17.7 Å². The van der Waals surface area contributed by atoms with Crippen molar-refractivity contribution in [3.63, 3.8) is 0 Å². The molecule has 3 amide bonds. The number of aliphatic hydroxyl groups excluding tert-OH is 1. The van der Waals surface area contributed by atoms with E-state index in [9.17, 15) is 18.8 Å². The van der Waals surface area contributed by atoms with Gasteiger partial charge in [-0.3, -0.25) is 14.4 Å². The molecule has 7 nitrogen and oxygen atoms in total. The molecule has 2 aromatic carbocycles. The Morgan fingerprint density at radius 1 is 0.919 bits per heavy atom. The first-order valence-corrected chi connectivity index (χ1v) is 12.9. The molecule has 37 heavy (non-hydrogen) atoms. The van der Waals surface area contributed by atoms with E-state index in [0.717, 1.165) is 19.3 Å². The highest BCUT2D eigenvalue weighted by atomic mass is 19.1. The summed E-state index contributed by atoms with van der Waals surface area (Å²) in [6.07, 6.45) is 3.93. The Labute approximate surface area is 218 Å². The number of halogens is 1. The van der Waals surface area contributed by atoms with Crippen molar-refractivity contribution < 1.29 is 23.9 Å². The zero-order chi connectivity index (χ0) is 27.2. The number of rotatable bonds is 11. The highest BCUT2D eigenvalue weighted by molar-refractivity contribution is 6.05. The van der Waals surface area contributed by atoms with Gasteiger partial charge in [0.15, 0.2) is 0 Å². The van der Waals surface area contributed by atoms with Gasteiger partial charge in [-0.05, 0) is 85.4 Å². The van der Waals surface area contributed by atoms with Gasteiger partial charge in [0.1, 0.15) is 5.82 Å². The highest BCUT2D eigenvalue weighted by Crippen LogP contribution is 2.31. The second-order valence-corrected chi connectivity index (χ2v) is 10.9. The molecular formula is C29H38FN3O4. The van der Waals surface area contributed by atoms with Gasteiger partial charge in [-0.25, -0.2) is 4.39 Å². The van der Waals surface area contributed by atoms with Crippen molar-refractivity contribution in [2.45, 2.75) is 65.8 Å². The number of nitrogens with one attached hydrogen (secondary N) is 3. The molecule has 0 heterocycles. The van der Waals surface area contributed by atoms with Crippen LogP contribution in [0.25, 0.3) is 11.1 Å². The molecule has 0 saturated heterocycles. The minimum atomic E-state index is -0.541. The molecule has 2 aromatic rings. The van der Waals surface area contributed by atoms with E-state index < -0.39 is 11.7 Å². The maximum absolute atomic E-state index is 14.9. The van der Waals surface area contributed by atoms with Crippen LogP contribution in [-0.2, 0) is 0 Å². The van der Waals surface area contributed by atoms with Crippen molar-refractivity contribution >= 4 is 17.7 Å². The van der Waals surface area contributed by atoms with Gasteiger partial charge in [0.05, 0.1) is 0 Å². The SMILES string of the molecule is Cc1c(F)cc(C(=O)NC2CC2)cc1-c1ccc(C(=O)NCC(C)(C)C)cc1C(=O)NCCCCCO. The van der Waals surface area contributed by atoms with Crippen molar-refractivity contribution in [1.29, 1.82) is 0 Å². The third-order valence-corrected chi connectivity index (χ3v) is 6.24. The number of carbonyl (C=O) groups is 3. The van der Waals surface area contributed by atoms with Gasteiger partial charge in [-0.2, -0.15) is 0 Å². The van der Waals surface area contributed by atoms with Crippen LogP contribution in [0.2, 0.25) is 0 Å². The lowest BCUT2D eigenvalue weighted by Crippen LogP contribution is -2.32. The first-order chi connectivity index (χ1) is 17.5. The van der Waals surface area contributed by atoms with Crippen LogP contribution < -0.4 is 16.0 Å². The van der Waals surface area contributed by atoms with Crippen molar-refractivity contribution in [3.05, 3.63) is 58.4 Å². The van der Waals surface area contributed by atoms with E-state index in [1.54, 1.807) is 25.1 Å². The summed E-state index contributed by atoms with van der Waals surface area (Å²) >= 11 is 0. The maximum Gasteiger partial charge on any atom is 0.251 e. The molecule has 200 valence electrons. The summed E-state index contributed by atoms with van der Waals surface area (Å²) in [5, 5.41) is 17.6. The number of hydrogen-bond acceptors (Lipinski definition) is 4. The third-order valence-electron chi connectivity index (χ3n) is 6.24. The molecule has 0 atom stereocenters. The monoisotopic (exact) mass is 511 g/mol. The topological polar surface area (TPSA) is 108 Å². The van der Waals surface area contributed by atoms with Crippen LogP contribution in [0.4, 0.5) is 4.39 Å². The van der Waals surface area contributed by atoms with Crippen molar-refractivity contribution in [1.82, 2.24) is 16.0 Å². The second kappa shape index (κ2) is 12.3. The van der Waals surface area contributed by atoms with Gasteiger partial charge < -0.3 is 21.1 Å². The van der Waals surface area contributed by atoms with Crippen LogP contribution >= 0.6 is 0 Å². The Bertz CT molecular complexity index is 1150. The minimum absolute atomic E-state index is 0.0966. The predicted molar refractivity (Wildman–Crippen MR) is 142 cm³/mol. The molecular weight excluding hydrogens is 473 g/mol. The zero-order valence-corrected chi connectivity index (χ0v) is 22.2. The summed E-state index contributed by atoms with van der Waals surface area (Å²) < 4.78 is 14.9. The van der Waals surface area contributed by atoms with E-state index >= 15 is 0 Å². The Balaban J connectivity index is 1.97. The fraction of sp³-hybridized carbons (Fsp3) is 0.483. The average Bonchev–Trinajstić information content (AvgIpc) is 3.67. The Hall–Kier alpha value is -3.26. The lowest BCUT2D eigenvalue weighted by atomic mass is 9.91. The minimum Gasteiger partial charge on any atom is -0.396 e. The van der Waals surface area contributed by atoms with Gasteiger partial charge in [-0.1, -0.05) is 26.8 Å². The number of aliphatic hydroxyl groups is 1. The Morgan fingerprint density at radius 3 is 2.30 bits per heavy atom. The Morgan fingerprint density at radius 2 is 1.65 bits per heavy atom. The standard InChI is InChI=1S/C29H38FN3O4/c1-18-23(15-20(16-25(18)30)27(36)33-21-9-10-21)22-11-8-19(26(35)32-17-29(2,3)4)14-24(22)28(37)31-12-6-5-7-13-34/h8,11,14-16,21,34H,5-7,9-10,12-13,17H2,1-4H3,(H,31,37)(H,32,35)(H,33,36). The van der Waals surface area contributed by atoms with Crippen molar-refractivity contribution in [3.8, 4) is 11.1 Å². The number of unbranched alkanes of at least 4 members (excludes halogenated alkanes) is 2. The van der Waals surface area contributed by atoms with Gasteiger partial charge in [0.2, 0.25) is 0 Å². The van der Waals surface area contributed by atoms with E-state index in [1.807, 2.05) is 20.8 Å². The van der Waals surface area contributed by atoms with Crippen LogP contribution in [0, 0.1) is 18.2 Å². The molecule has 0 aliphatic heterocycles. The highest BCUT2D eigenvalue weighted by Gasteiger charge is 2.25. The lowest BCUT2D eigenvalue weighted by Gasteiger charge is -2.19. The summed E-state index contributed by atoms with van der Waals surface area (Å²) in [4.78, 5) is 38.8. The second-order valence-electron chi connectivity index (χ2n) is 10.9. The van der Waals surface area contributed by atoms with E-state index in [2.05, 4.69) is 16.0 Å². The molecule has 0 spiro atoms. The summed E-state index contributed by atoms with van der Waals surface area (Å²) in [6.45, 7) is 8.59. The zero-order valence-electron chi connectivity index (χ0n) is 22.2. The molecule has 8 heteroatoms. The van der Waals surface area contributed by atoms with Crippen molar-refractivity contribution in [2.75, 3.05) is 19.7 Å². The van der Waals surface area contributed by atoms with Gasteiger partial charge >= 0.3 is 0 Å². The maximum atomic E-state index is 14.9. The van der Waals surface area contributed by atoms with E-state index in [-0.39, 0.29) is 41.0 Å². The fourth-order valence-corrected chi connectivity index (χ4v) is 3.85. The fourth-order valence-electron chi connectivity index (χ4n) is 3.85. The van der Waals surface area contributed by atoms with Crippen LogP contribution in [0.1, 0.15) is 89.5 Å². The molecule has 1 aliphatic rings. The van der Waals surface area contributed by atoms with E-state index in [4.69, 9.17) is 5.11 Å². The van der Waals surface area contributed by atoms with E-state index in [1.165, 1.54) is 12.1 Å². The first kappa shape index (κ1) is 28.3. The number of hydrogen-bond donors (Lipinski definition) is 4. The number of amides is 3.